The van der Waals surface area contributed by atoms with Crippen LogP contribution in [0.3, 0.4) is 0 Å². The van der Waals surface area contributed by atoms with E-state index in [1.807, 2.05) is 0 Å². The van der Waals surface area contributed by atoms with Crippen LogP contribution in [0, 0.1) is 0 Å². The number of hydrogen-bond donors (Lipinski definition) is 1. The van der Waals surface area contributed by atoms with E-state index in [4.69, 9.17) is 4.74 Å². The summed E-state index contributed by atoms with van der Waals surface area (Å²) in [5.74, 6) is 0. The molecule has 0 bridgehead atoms. The Labute approximate surface area is 98.9 Å². The summed E-state index contributed by atoms with van der Waals surface area (Å²) in [5.41, 5.74) is 0. The van der Waals surface area contributed by atoms with Gasteiger partial charge in [-0.3, -0.25) is 0 Å². The number of ether oxygens (including phenoxy) is 1. The van der Waals surface area contributed by atoms with Crippen LogP contribution in [0.25, 0.3) is 0 Å². The summed E-state index contributed by atoms with van der Waals surface area (Å²) < 4.78 is 5.78. The Hall–Kier alpha value is -0.160. The monoisotopic (exact) mass is 227 g/mol. The third kappa shape index (κ3) is 3.70. The molecule has 2 atom stereocenters. The normalized spacial score (nSPS) is 32.4. The van der Waals surface area contributed by atoms with Crippen LogP contribution in [0.4, 0.5) is 0 Å². The SMILES string of the molecule is CN1CCOC(CN(C)CC2CCCN2)C1. The lowest BCUT2D eigenvalue weighted by molar-refractivity contribution is -0.0330. The molecule has 0 saturated carbocycles. The van der Waals surface area contributed by atoms with Gasteiger partial charge in [0.05, 0.1) is 12.7 Å². The second kappa shape index (κ2) is 5.96. The number of likely N-dealkylation sites (N-methyl/N-ethyl adjacent to an activating group) is 2. The first-order chi connectivity index (χ1) is 7.74. The van der Waals surface area contributed by atoms with Crippen molar-refractivity contribution in [2.24, 2.45) is 0 Å². The van der Waals surface area contributed by atoms with E-state index in [9.17, 15) is 0 Å². The van der Waals surface area contributed by atoms with Gasteiger partial charge >= 0.3 is 0 Å². The number of nitrogens with zero attached hydrogens (tertiary/aromatic N) is 2. The standard InChI is InChI=1S/C12H25N3O/c1-14-6-7-16-12(9-14)10-15(2)8-11-4-3-5-13-11/h11-13H,3-10H2,1-2H3. The van der Waals surface area contributed by atoms with Gasteiger partial charge in [-0.2, -0.15) is 0 Å². The maximum Gasteiger partial charge on any atom is 0.0829 e. The summed E-state index contributed by atoms with van der Waals surface area (Å²) in [6.45, 7) is 6.44. The molecule has 1 N–H and O–H groups in total. The van der Waals surface area contributed by atoms with Crippen molar-refractivity contribution < 1.29 is 4.74 Å². The van der Waals surface area contributed by atoms with Gasteiger partial charge < -0.3 is 19.9 Å². The van der Waals surface area contributed by atoms with E-state index in [-0.39, 0.29) is 0 Å². The largest absolute Gasteiger partial charge is 0.374 e. The average Bonchev–Trinajstić information content (AvgIpc) is 2.70. The Bertz CT molecular complexity index is 206. The van der Waals surface area contributed by atoms with Gasteiger partial charge in [0.1, 0.15) is 0 Å². The smallest absolute Gasteiger partial charge is 0.0829 e. The lowest BCUT2D eigenvalue weighted by Crippen LogP contribution is -2.47. The van der Waals surface area contributed by atoms with E-state index in [2.05, 4.69) is 29.2 Å². The van der Waals surface area contributed by atoms with Crippen molar-refractivity contribution in [2.75, 3.05) is 53.4 Å². The molecule has 0 aromatic rings. The molecule has 2 fully saturated rings. The number of hydrogen-bond acceptors (Lipinski definition) is 4. The first-order valence-electron chi connectivity index (χ1n) is 6.46. The van der Waals surface area contributed by atoms with E-state index in [0.717, 1.165) is 32.8 Å². The van der Waals surface area contributed by atoms with Gasteiger partial charge in [-0.25, -0.2) is 0 Å². The maximum absolute atomic E-state index is 5.78. The Kier molecular flexibility index (Phi) is 4.58. The van der Waals surface area contributed by atoms with E-state index in [0.29, 0.717) is 12.1 Å². The lowest BCUT2D eigenvalue weighted by Gasteiger charge is -2.33. The zero-order chi connectivity index (χ0) is 11.4. The molecule has 0 aliphatic carbocycles. The molecule has 2 rings (SSSR count). The summed E-state index contributed by atoms with van der Waals surface area (Å²) in [5, 5.41) is 3.54. The van der Waals surface area contributed by atoms with Crippen molar-refractivity contribution >= 4 is 0 Å². The highest BCUT2D eigenvalue weighted by Crippen LogP contribution is 2.08. The predicted molar refractivity (Wildman–Crippen MR) is 65.8 cm³/mol. The van der Waals surface area contributed by atoms with Crippen molar-refractivity contribution in [2.45, 2.75) is 25.0 Å². The number of rotatable bonds is 4. The topological polar surface area (TPSA) is 27.7 Å². The Morgan fingerprint density at radius 3 is 3.00 bits per heavy atom. The highest BCUT2D eigenvalue weighted by atomic mass is 16.5. The molecule has 2 saturated heterocycles. The lowest BCUT2D eigenvalue weighted by atomic mass is 10.2. The minimum atomic E-state index is 0.394. The minimum absolute atomic E-state index is 0.394. The summed E-state index contributed by atoms with van der Waals surface area (Å²) >= 11 is 0. The first kappa shape index (κ1) is 12.3. The van der Waals surface area contributed by atoms with Gasteiger partial charge in [0.25, 0.3) is 0 Å². The Morgan fingerprint density at radius 1 is 1.44 bits per heavy atom. The molecule has 2 aliphatic heterocycles. The molecule has 0 amide bonds. The highest BCUT2D eigenvalue weighted by Gasteiger charge is 2.21. The van der Waals surface area contributed by atoms with Crippen LogP contribution in [0.15, 0.2) is 0 Å². The second-order valence-electron chi connectivity index (χ2n) is 5.27. The van der Waals surface area contributed by atoms with Crippen molar-refractivity contribution in [3.8, 4) is 0 Å². The second-order valence-corrected chi connectivity index (χ2v) is 5.27. The fraction of sp³-hybridized carbons (Fsp3) is 1.00. The fourth-order valence-corrected chi connectivity index (χ4v) is 2.69. The fourth-order valence-electron chi connectivity index (χ4n) is 2.69. The maximum atomic E-state index is 5.78. The molecule has 94 valence electrons. The summed E-state index contributed by atoms with van der Waals surface area (Å²) in [4.78, 5) is 4.77. The van der Waals surface area contributed by atoms with Gasteiger partial charge in [-0.05, 0) is 33.5 Å². The molecule has 0 aromatic carbocycles. The van der Waals surface area contributed by atoms with Crippen LogP contribution >= 0.6 is 0 Å². The molecule has 4 nitrogen and oxygen atoms in total. The van der Waals surface area contributed by atoms with Crippen LogP contribution in [-0.4, -0.2) is 75.4 Å². The summed E-state index contributed by atoms with van der Waals surface area (Å²) in [7, 11) is 4.38. The van der Waals surface area contributed by atoms with Gasteiger partial charge in [0.15, 0.2) is 0 Å². The predicted octanol–water partition coefficient (Wildman–Crippen LogP) is 0.000800. The van der Waals surface area contributed by atoms with E-state index in [1.165, 1.54) is 19.4 Å². The zero-order valence-corrected chi connectivity index (χ0v) is 10.6. The van der Waals surface area contributed by atoms with Crippen LogP contribution in [0.2, 0.25) is 0 Å². The van der Waals surface area contributed by atoms with Crippen molar-refractivity contribution in [3.05, 3.63) is 0 Å². The van der Waals surface area contributed by atoms with Crippen molar-refractivity contribution in [1.29, 1.82) is 0 Å². The number of nitrogens with one attached hydrogen (secondary N) is 1. The molecule has 0 radical (unpaired) electrons. The molecular weight excluding hydrogens is 202 g/mol. The molecule has 0 aromatic heterocycles. The van der Waals surface area contributed by atoms with Crippen molar-refractivity contribution in [3.63, 3.8) is 0 Å². The molecule has 2 unspecified atom stereocenters. The Balaban J connectivity index is 1.67. The molecule has 4 heteroatoms. The first-order valence-corrected chi connectivity index (χ1v) is 6.46. The molecule has 16 heavy (non-hydrogen) atoms. The summed E-state index contributed by atoms with van der Waals surface area (Å²) in [6.07, 6.45) is 3.06. The zero-order valence-electron chi connectivity index (χ0n) is 10.6. The third-order valence-corrected chi connectivity index (χ3v) is 3.55. The van der Waals surface area contributed by atoms with Crippen LogP contribution in [-0.2, 0) is 4.74 Å². The number of morpholine rings is 1. The molecule has 0 spiro atoms. The van der Waals surface area contributed by atoms with Gasteiger partial charge in [0.2, 0.25) is 0 Å². The highest BCUT2D eigenvalue weighted by molar-refractivity contribution is 4.79. The quantitative estimate of drug-likeness (QED) is 0.732. The van der Waals surface area contributed by atoms with Crippen LogP contribution in [0.5, 0.6) is 0 Å². The van der Waals surface area contributed by atoms with E-state index in [1.54, 1.807) is 0 Å². The van der Waals surface area contributed by atoms with E-state index >= 15 is 0 Å². The third-order valence-electron chi connectivity index (χ3n) is 3.55. The van der Waals surface area contributed by atoms with Crippen LogP contribution < -0.4 is 5.32 Å². The Morgan fingerprint density at radius 2 is 2.31 bits per heavy atom. The van der Waals surface area contributed by atoms with Gasteiger partial charge in [-0.15, -0.1) is 0 Å². The van der Waals surface area contributed by atoms with Crippen LogP contribution in [0.1, 0.15) is 12.8 Å². The minimum Gasteiger partial charge on any atom is -0.374 e. The summed E-state index contributed by atoms with van der Waals surface area (Å²) in [6, 6.07) is 0.700. The molecular formula is C12H25N3O. The van der Waals surface area contributed by atoms with E-state index < -0.39 is 0 Å². The molecule has 2 heterocycles. The van der Waals surface area contributed by atoms with Gasteiger partial charge in [-0.1, -0.05) is 0 Å². The van der Waals surface area contributed by atoms with Gasteiger partial charge in [0, 0.05) is 32.2 Å². The molecule has 2 aliphatic rings. The van der Waals surface area contributed by atoms with Crippen molar-refractivity contribution in [1.82, 2.24) is 15.1 Å². The average molecular weight is 227 g/mol.